The van der Waals surface area contributed by atoms with Crippen molar-refractivity contribution in [2.45, 2.75) is 26.8 Å². The van der Waals surface area contributed by atoms with Gasteiger partial charge in [0, 0.05) is 0 Å². The number of carbonyl (C=O) groups is 3. The van der Waals surface area contributed by atoms with Crippen LogP contribution in [-0.4, -0.2) is 37.2 Å². The van der Waals surface area contributed by atoms with E-state index >= 15 is 0 Å². The zero-order chi connectivity index (χ0) is 17.7. The first kappa shape index (κ1) is 17.5. The number of esters is 2. The van der Waals surface area contributed by atoms with Crippen LogP contribution in [0.25, 0.3) is 0 Å². The van der Waals surface area contributed by atoms with Gasteiger partial charge in [0.25, 0.3) is 0 Å². The van der Waals surface area contributed by atoms with Gasteiger partial charge >= 0.3 is 18.0 Å². The Balaban J connectivity index is 2.19. The first-order valence-electron chi connectivity index (χ1n) is 7.64. The Morgan fingerprint density at radius 3 is 2.54 bits per heavy atom. The molecule has 0 bridgehead atoms. The minimum absolute atomic E-state index is 0.208. The summed E-state index contributed by atoms with van der Waals surface area (Å²) in [4.78, 5) is 35.9. The molecule has 1 aromatic carbocycles. The lowest BCUT2D eigenvalue weighted by Gasteiger charge is -2.26. The Hall–Kier alpha value is -2.83. The average Bonchev–Trinajstić information content (AvgIpc) is 2.52. The van der Waals surface area contributed by atoms with Gasteiger partial charge in [-0.05, 0) is 32.4 Å². The van der Waals surface area contributed by atoms with Crippen LogP contribution in [0.5, 0.6) is 0 Å². The smallest absolute Gasteiger partial charge is 0.338 e. The van der Waals surface area contributed by atoms with Gasteiger partial charge in [-0.3, -0.25) is 0 Å². The molecular weight excluding hydrogens is 312 g/mol. The van der Waals surface area contributed by atoms with Crippen LogP contribution >= 0.6 is 0 Å². The van der Waals surface area contributed by atoms with E-state index in [1.54, 1.807) is 39.0 Å². The number of carbonyl (C=O) groups excluding carboxylic acids is 3. The molecule has 0 radical (unpaired) electrons. The topological polar surface area (TPSA) is 93.7 Å². The molecule has 1 aliphatic heterocycles. The van der Waals surface area contributed by atoms with Crippen molar-refractivity contribution in [3.8, 4) is 0 Å². The average molecular weight is 332 g/mol. The van der Waals surface area contributed by atoms with Crippen LogP contribution in [0.1, 0.15) is 29.8 Å². The summed E-state index contributed by atoms with van der Waals surface area (Å²) in [5, 5.41) is 5.09. The lowest BCUT2D eigenvalue weighted by Crippen LogP contribution is -2.50. The van der Waals surface area contributed by atoms with Crippen molar-refractivity contribution in [1.82, 2.24) is 10.6 Å². The number of rotatable bonds is 5. The summed E-state index contributed by atoms with van der Waals surface area (Å²) in [6.07, 6.45) is 0. The van der Waals surface area contributed by atoms with Crippen molar-refractivity contribution >= 4 is 18.0 Å². The van der Waals surface area contributed by atoms with Crippen LogP contribution in [-0.2, 0) is 14.3 Å². The van der Waals surface area contributed by atoms with Crippen LogP contribution in [0.3, 0.4) is 0 Å². The van der Waals surface area contributed by atoms with Crippen molar-refractivity contribution < 1.29 is 23.9 Å². The van der Waals surface area contributed by atoms with Crippen molar-refractivity contribution in [3.63, 3.8) is 0 Å². The molecule has 24 heavy (non-hydrogen) atoms. The molecule has 2 rings (SSSR count). The highest BCUT2D eigenvalue weighted by Crippen LogP contribution is 2.16. The maximum atomic E-state index is 12.2. The second-order valence-corrected chi connectivity index (χ2v) is 5.32. The van der Waals surface area contributed by atoms with E-state index in [0.717, 1.165) is 5.56 Å². The maximum absolute atomic E-state index is 12.2. The van der Waals surface area contributed by atoms with E-state index in [4.69, 9.17) is 9.47 Å². The second kappa shape index (κ2) is 7.63. The van der Waals surface area contributed by atoms with Crippen LogP contribution in [0, 0.1) is 6.92 Å². The first-order valence-corrected chi connectivity index (χ1v) is 7.64. The molecule has 1 heterocycles. The fraction of sp³-hybridized carbons (Fsp3) is 0.353. The molecule has 2 N–H and O–H groups in total. The van der Waals surface area contributed by atoms with Crippen LogP contribution in [0.4, 0.5) is 4.79 Å². The molecule has 0 aromatic heterocycles. The zero-order valence-corrected chi connectivity index (χ0v) is 13.8. The Bertz CT molecular complexity index is 696. The Morgan fingerprint density at radius 2 is 1.88 bits per heavy atom. The van der Waals surface area contributed by atoms with Gasteiger partial charge in [0.05, 0.1) is 29.5 Å². The molecule has 0 aliphatic carbocycles. The number of hydrogen-bond donors (Lipinski definition) is 2. The van der Waals surface area contributed by atoms with E-state index in [0.29, 0.717) is 5.56 Å². The normalized spacial score (nSPS) is 17.0. The highest BCUT2D eigenvalue weighted by atomic mass is 16.5. The summed E-state index contributed by atoms with van der Waals surface area (Å²) in [5.41, 5.74) is 1.69. The summed E-state index contributed by atoms with van der Waals surface area (Å²) in [7, 11) is 0. The van der Waals surface area contributed by atoms with Gasteiger partial charge in [0.1, 0.15) is 6.61 Å². The number of hydrogen-bond acceptors (Lipinski definition) is 5. The molecule has 128 valence electrons. The Labute approximate surface area is 140 Å². The van der Waals surface area contributed by atoms with E-state index in [1.807, 2.05) is 6.07 Å². The first-order chi connectivity index (χ1) is 11.4. The number of amides is 2. The number of urea groups is 1. The van der Waals surface area contributed by atoms with E-state index in [-0.39, 0.29) is 24.5 Å². The van der Waals surface area contributed by atoms with Gasteiger partial charge in [-0.2, -0.15) is 0 Å². The fourth-order valence-corrected chi connectivity index (χ4v) is 2.41. The van der Waals surface area contributed by atoms with Gasteiger partial charge in [-0.25, -0.2) is 14.4 Å². The van der Waals surface area contributed by atoms with Crippen molar-refractivity contribution in [2.75, 3.05) is 13.2 Å². The summed E-state index contributed by atoms with van der Waals surface area (Å²) in [6.45, 7) is 5.14. The molecule has 1 aromatic rings. The molecule has 0 saturated carbocycles. The summed E-state index contributed by atoms with van der Waals surface area (Å²) in [5.74, 6) is -1.08. The third kappa shape index (κ3) is 3.92. The molecule has 0 saturated heterocycles. The summed E-state index contributed by atoms with van der Waals surface area (Å²) < 4.78 is 10.3. The quantitative estimate of drug-likeness (QED) is 0.800. The largest absolute Gasteiger partial charge is 0.463 e. The monoisotopic (exact) mass is 332 g/mol. The Morgan fingerprint density at radius 1 is 1.17 bits per heavy atom. The van der Waals surface area contributed by atoms with Crippen molar-refractivity contribution in [2.24, 2.45) is 0 Å². The molecule has 7 nitrogen and oxygen atoms in total. The van der Waals surface area contributed by atoms with Gasteiger partial charge in [0.15, 0.2) is 0 Å². The maximum Gasteiger partial charge on any atom is 0.338 e. The van der Waals surface area contributed by atoms with Gasteiger partial charge in [-0.1, -0.05) is 18.2 Å². The molecule has 1 aliphatic rings. The third-order valence-corrected chi connectivity index (χ3v) is 3.58. The molecule has 7 heteroatoms. The number of nitrogens with one attached hydrogen (secondary N) is 2. The minimum atomic E-state index is -0.556. The molecule has 2 amide bonds. The summed E-state index contributed by atoms with van der Waals surface area (Å²) in [6, 6.07) is 6.02. The number of benzene rings is 1. The lowest BCUT2D eigenvalue weighted by molar-refractivity contribution is -0.139. The minimum Gasteiger partial charge on any atom is -0.463 e. The SMILES string of the molecule is CCOC(=O)C1=C(COC(=O)c2ccccc2C)NC(=O)N[C@@H]1C. The third-order valence-electron chi connectivity index (χ3n) is 3.58. The van der Waals surface area contributed by atoms with Gasteiger partial charge in [0.2, 0.25) is 0 Å². The van der Waals surface area contributed by atoms with E-state index in [2.05, 4.69) is 10.6 Å². The predicted molar refractivity (Wildman–Crippen MR) is 86.2 cm³/mol. The van der Waals surface area contributed by atoms with E-state index in [9.17, 15) is 14.4 Å². The van der Waals surface area contributed by atoms with E-state index in [1.165, 1.54) is 0 Å². The fourth-order valence-electron chi connectivity index (χ4n) is 2.41. The second-order valence-electron chi connectivity index (χ2n) is 5.32. The molecule has 0 unspecified atom stereocenters. The molecule has 1 atom stereocenters. The molecular formula is C17H20N2O5. The van der Waals surface area contributed by atoms with Gasteiger partial charge in [-0.15, -0.1) is 0 Å². The molecule has 0 spiro atoms. The number of ether oxygens (including phenoxy) is 2. The lowest BCUT2D eigenvalue weighted by atomic mass is 10.0. The predicted octanol–water partition coefficient (Wildman–Crippen LogP) is 1.67. The van der Waals surface area contributed by atoms with E-state index < -0.39 is 24.0 Å². The van der Waals surface area contributed by atoms with Crippen LogP contribution in [0.15, 0.2) is 35.5 Å². The highest BCUT2D eigenvalue weighted by Gasteiger charge is 2.30. The van der Waals surface area contributed by atoms with Crippen molar-refractivity contribution in [1.29, 1.82) is 0 Å². The summed E-state index contributed by atoms with van der Waals surface area (Å²) >= 11 is 0. The van der Waals surface area contributed by atoms with Crippen LogP contribution in [0.2, 0.25) is 0 Å². The van der Waals surface area contributed by atoms with Crippen LogP contribution < -0.4 is 10.6 Å². The van der Waals surface area contributed by atoms with Gasteiger partial charge < -0.3 is 20.1 Å². The Kier molecular flexibility index (Phi) is 5.57. The number of aryl methyl sites for hydroxylation is 1. The zero-order valence-electron chi connectivity index (χ0n) is 13.8. The van der Waals surface area contributed by atoms with Crippen molar-refractivity contribution in [3.05, 3.63) is 46.7 Å². The highest BCUT2D eigenvalue weighted by molar-refractivity contribution is 5.95. The molecule has 0 fully saturated rings. The standard InChI is InChI=1S/C17H20N2O5/c1-4-23-16(21)14-11(3)18-17(22)19-13(14)9-24-15(20)12-8-6-5-7-10(12)2/h5-8,11H,4,9H2,1-3H3,(H2,18,19,22)/t11-/m1/s1.